The van der Waals surface area contributed by atoms with Crippen molar-refractivity contribution < 1.29 is 4.74 Å². The highest BCUT2D eigenvalue weighted by Crippen LogP contribution is 2.15. The highest BCUT2D eigenvalue weighted by Gasteiger charge is 2.00. The number of nitrogens with zero attached hydrogens (tertiary/aromatic N) is 1. The molecule has 1 heterocycles. The molecule has 2 aromatic rings. The summed E-state index contributed by atoms with van der Waals surface area (Å²) < 4.78 is 5.24. The Balaban J connectivity index is 2.08. The van der Waals surface area contributed by atoms with Crippen molar-refractivity contribution in [3.05, 3.63) is 53.3 Å². The van der Waals surface area contributed by atoms with Crippen molar-refractivity contribution in [2.45, 2.75) is 20.4 Å². The molecule has 94 valence electrons. The SMILES string of the molecule is COc1cc(C)nc(CNc2cccc(C)c2)c1. The normalized spacial score (nSPS) is 10.2. The Morgan fingerprint density at radius 1 is 1.17 bits per heavy atom. The quantitative estimate of drug-likeness (QED) is 0.893. The molecule has 0 aliphatic heterocycles. The number of nitrogens with one attached hydrogen (secondary N) is 1. The van der Waals surface area contributed by atoms with Crippen LogP contribution in [0.3, 0.4) is 0 Å². The lowest BCUT2D eigenvalue weighted by atomic mass is 10.2. The van der Waals surface area contributed by atoms with Gasteiger partial charge < -0.3 is 10.1 Å². The monoisotopic (exact) mass is 242 g/mol. The molecule has 0 unspecified atom stereocenters. The summed E-state index contributed by atoms with van der Waals surface area (Å²) in [4.78, 5) is 4.48. The molecule has 0 bridgehead atoms. The van der Waals surface area contributed by atoms with Crippen molar-refractivity contribution in [2.24, 2.45) is 0 Å². The van der Waals surface area contributed by atoms with E-state index in [-0.39, 0.29) is 0 Å². The van der Waals surface area contributed by atoms with Crippen LogP contribution < -0.4 is 10.1 Å². The van der Waals surface area contributed by atoms with E-state index in [4.69, 9.17) is 4.74 Å². The van der Waals surface area contributed by atoms with Crippen molar-refractivity contribution in [1.29, 1.82) is 0 Å². The van der Waals surface area contributed by atoms with E-state index in [1.54, 1.807) is 7.11 Å². The van der Waals surface area contributed by atoms with Crippen LogP contribution in [0.2, 0.25) is 0 Å². The molecule has 0 aliphatic rings. The zero-order chi connectivity index (χ0) is 13.0. The molecule has 3 heteroatoms. The van der Waals surface area contributed by atoms with Crippen molar-refractivity contribution in [3.8, 4) is 5.75 Å². The number of aromatic nitrogens is 1. The van der Waals surface area contributed by atoms with Gasteiger partial charge in [0.1, 0.15) is 5.75 Å². The van der Waals surface area contributed by atoms with Gasteiger partial charge in [0.2, 0.25) is 0 Å². The first-order valence-electron chi connectivity index (χ1n) is 5.99. The number of rotatable bonds is 4. The summed E-state index contributed by atoms with van der Waals surface area (Å²) in [5.74, 6) is 0.851. The highest BCUT2D eigenvalue weighted by molar-refractivity contribution is 5.45. The highest BCUT2D eigenvalue weighted by atomic mass is 16.5. The topological polar surface area (TPSA) is 34.1 Å². The van der Waals surface area contributed by atoms with Gasteiger partial charge in [0.15, 0.2) is 0 Å². The van der Waals surface area contributed by atoms with Crippen LogP contribution >= 0.6 is 0 Å². The predicted octanol–water partition coefficient (Wildman–Crippen LogP) is 3.32. The lowest BCUT2D eigenvalue weighted by molar-refractivity contribution is 0.413. The maximum absolute atomic E-state index is 5.24. The first kappa shape index (κ1) is 12.4. The summed E-state index contributed by atoms with van der Waals surface area (Å²) >= 11 is 0. The van der Waals surface area contributed by atoms with Crippen molar-refractivity contribution >= 4 is 5.69 Å². The molecule has 0 saturated heterocycles. The molecule has 1 aromatic heterocycles. The molecule has 0 saturated carbocycles. The average Bonchev–Trinajstić information content (AvgIpc) is 2.36. The van der Waals surface area contributed by atoms with E-state index in [0.29, 0.717) is 6.54 Å². The first-order valence-corrected chi connectivity index (χ1v) is 5.99. The Kier molecular flexibility index (Phi) is 3.82. The zero-order valence-corrected chi connectivity index (χ0v) is 11.0. The van der Waals surface area contributed by atoms with E-state index in [2.05, 4.69) is 35.4 Å². The fourth-order valence-corrected chi connectivity index (χ4v) is 1.86. The molecule has 0 fully saturated rings. The second-order valence-corrected chi connectivity index (χ2v) is 4.36. The Morgan fingerprint density at radius 3 is 2.72 bits per heavy atom. The molecule has 18 heavy (non-hydrogen) atoms. The summed E-state index contributed by atoms with van der Waals surface area (Å²) in [6.45, 7) is 4.75. The van der Waals surface area contributed by atoms with E-state index in [1.165, 1.54) is 5.56 Å². The largest absolute Gasteiger partial charge is 0.497 e. The molecule has 0 aliphatic carbocycles. The van der Waals surface area contributed by atoms with Crippen LogP contribution in [0.4, 0.5) is 5.69 Å². The van der Waals surface area contributed by atoms with Crippen LogP contribution in [0.15, 0.2) is 36.4 Å². The Bertz CT molecular complexity index is 538. The number of aryl methyl sites for hydroxylation is 2. The molecule has 2 rings (SSSR count). The van der Waals surface area contributed by atoms with E-state index >= 15 is 0 Å². The summed E-state index contributed by atoms with van der Waals surface area (Å²) in [7, 11) is 1.67. The lowest BCUT2D eigenvalue weighted by Crippen LogP contribution is -2.03. The van der Waals surface area contributed by atoms with Gasteiger partial charge >= 0.3 is 0 Å². The smallest absolute Gasteiger partial charge is 0.122 e. The number of methoxy groups -OCH3 is 1. The van der Waals surface area contributed by atoms with Crippen molar-refractivity contribution in [3.63, 3.8) is 0 Å². The van der Waals surface area contributed by atoms with Crippen LogP contribution in [-0.2, 0) is 6.54 Å². The molecular formula is C15H18N2O. The Labute approximate surface area is 108 Å². The number of hydrogen-bond acceptors (Lipinski definition) is 3. The number of pyridine rings is 1. The fourth-order valence-electron chi connectivity index (χ4n) is 1.86. The van der Waals surface area contributed by atoms with Gasteiger partial charge in [-0.05, 0) is 31.5 Å². The number of hydrogen-bond donors (Lipinski definition) is 1. The summed E-state index contributed by atoms with van der Waals surface area (Å²) in [5.41, 5.74) is 4.30. The minimum atomic E-state index is 0.696. The second-order valence-electron chi connectivity index (χ2n) is 4.36. The molecule has 3 nitrogen and oxygen atoms in total. The summed E-state index contributed by atoms with van der Waals surface area (Å²) in [6, 6.07) is 12.2. The van der Waals surface area contributed by atoms with Gasteiger partial charge in [-0.3, -0.25) is 4.98 Å². The van der Waals surface area contributed by atoms with Gasteiger partial charge in [-0.1, -0.05) is 12.1 Å². The number of anilines is 1. The summed E-state index contributed by atoms with van der Waals surface area (Å²) in [5, 5.41) is 3.36. The third-order valence-corrected chi connectivity index (χ3v) is 2.71. The minimum absolute atomic E-state index is 0.696. The maximum Gasteiger partial charge on any atom is 0.122 e. The maximum atomic E-state index is 5.24. The molecule has 0 amide bonds. The van der Waals surface area contributed by atoms with E-state index < -0.39 is 0 Å². The predicted molar refractivity (Wildman–Crippen MR) is 74.0 cm³/mol. The molecule has 1 aromatic carbocycles. The van der Waals surface area contributed by atoms with Gasteiger partial charge in [-0.2, -0.15) is 0 Å². The molecule has 0 atom stereocenters. The van der Waals surface area contributed by atoms with E-state index in [9.17, 15) is 0 Å². The minimum Gasteiger partial charge on any atom is -0.497 e. The van der Waals surface area contributed by atoms with Crippen LogP contribution in [0.25, 0.3) is 0 Å². The van der Waals surface area contributed by atoms with E-state index in [1.807, 2.05) is 25.1 Å². The van der Waals surface area contributed by atoms with Gasteiger partial charge in [-0.15, -0.1) is 0 Å². The Hall–Kier alpha value is -2.03. The van der Waals surface area contributed by atoms with Crippen molar-refractivity contribution in [1.82, 2.24) is 4.98 Å². The zero-order valence-electron chi connectivity index (χ0n) is 11.0. The molecule has 0 spiro atoms. The third kappa shape index (κ3) is 3.23. The molecular weight excluding hydrogens is 224 g/mol. The summed E-state index contributed by atoms with van der Waals surface area (Å²) in [6.07, 6.45) is 0. The average molecular weight is 242 g/mol. The van der Waals surface area contributed by atoms with Gasteiger partial charge in [0.05, 0.1) is 19.3 Å². The van der Waals surface area contributed by atoms with Crippen LogP contribution in [0.1, 0.15) is 17.0 Å². The van der Waals surface area contributed by atoms with Gasteiger partial charge in [-0.25, -0.2) is 0 Å². The second kappa shape index (κ2) is 5.54. The number of ether oxygens (including phenoxy) is 1. The van der Waals surface area contributed by atoms with E-state index in [0.717, 1.165) is 22.8 Å². The van der Waals surface area contributed by atoms with Gasteiger partial charge in [0, 0.05) is 23.5 Å². The van der Waals surface area contributed by atoms with Crippen LogP contribution in [0.5, 0.6) is 5.75 Å². The molecule has 0 radical (unpaired) electrons. The standard InChI is InChI=1S/C15H18N2O/c1-11-5-4-6-13(7-11)16-10-14-9-15(18-3)8-12(2)17-14/h4-9,16H,10H2,1-3H3. The molecule has 1 N–H and O–H groups in total. The van der Waals surface area contributed by atoms with Crippen molar-refractivity contribution in [2.75, 3.05) is 12.4 Å². The van der Waals surface area contributed by atoms with Crippen LogP contribution in [0, 0.1) is 13.8 Å². The lowest BCUT2D eigenvalue weighted by Gasteiger charge is -2.09. The Morgan fingerprint density at radius 2 is 2.00 bits per heavy atom. The number of benzene rings is 1. The first-order chi connectivity index (χ1) is 8.67. The van der Waals surface area contributed by atoms with Gasteiger partial charge in [0.25, 0.3) is 0 Å². The third-order valence-electron chi connectivity index (χ3n) is 2.71. The fraction of sp³-hybridized carbons (Fsp3) is 0.267. The van der Waals surface area contributed by atoms with Crippen LogP contribution in [-0.4, -0.2) is 12.1 Å².